The fourth-order valence-electron chi connectivity index (χ4n) is 2.00. The van der Waals surface area contributed by atoms with Gasteiger partial charge in [-0.2, -0.15) is 0 Å². The molecule has 1 N–H and O–H groups in total. The smallest absolute Gasteiger partial charge is 0.343 e. The molecular weight excluding hydrogens is 366 g/mol. The monoisotopic (exact) mass is 383 g/mol. The molecule has 0 aliphatic rings. The lowest BCUT2D eigenvalue weighted by Crippen LogP contribution is -2.14. The van der Waals surface area contributed by atoms with Gasteiger partial charge in [0, 0.05) is 19.0 Å². The first-order valence-corrected chi connectivity index (χ1v) is 9.33. The first-order chi connectivity index (χ1) is 12.0. The summed E-state index contributed by atoms with van der Waals surface area (Å²) in [5.41, 5.74) is 1.04. The van der Waals surface area contributed by atoms with E-state index in [9.17, 15) is 9.00 Å². The van der Waals surface area contributed by atoms with Crippen LogP contribution in [0.25, 0.3) is 0 Å². The van der Waals surface area contributed by atoms with Crippen molar-refractivity contribution in [2.24, 2.45) is 0 Å². The maximum Gasteiger partial charge on any atom is 0.343 e. The number of esters is 1. The van der Waals surface area contributed by atoms with E-state index in [0.29, 0.717) is 17.3 Å². The highest BCUT2D eigenvalue weighted by atomic mass is 35.5. The van der Waals surface area contributed by atoms with Gasteiger partial charge < -0.3 is 14.8 Å². The summed E-state index contributed by atoms with van der Waals surface area (Å²) < 4.78 is 21.7. The number of methoxy groups -OCH3 is 1. The van der Waals surface area contributed by atoms with Crippen LogP contribution in [0.4, 0.5) is 5.82 Å². The van der Waals surface area contributed by atoms with Crippen molar-refractivity contribution in [2.45, 2.75) is 18.6 Å². The van der Waals surface area contributed by atoms with Crippen molar-refractivity contribution >= 4 is 34.2 Å². The van der Waals surface area contributed by atoms with Crippen LogP contribution in [0.2, 0.25) is 5.02 Å². The Labute approximate surface area is 153 Å². The number of hydrogen-bond donors (Lipinski definition) is 1. The van der Waals surface area contributed by atoms with Gasteiger partial charge in [0.25, 0.3) is 0 Å². The SMILES string of the molecule is CCOC(=O)c1cnc([S@@](C)=O)nc1NCc1ccc(OC)c(Cl)c1. The number of hydrogen-bond acceptors (Lipinski definition) is 7. The zero-order chi connectivity index (χ0) is 18.4. The molecule has 1 atom stereocenters. The quantitative estimate of drug-likeness (QED) is 0.580. The molecule has 1 aromatic heterocycles. The first kappa shape index (κ1) is 19.1. The molecule has 9 heteroatoms. The van der Waals surface area contributed by atoms with E-state index in [1.807, 2.05) is 6.07 Å². The molecule has 0 saturated heterocycles. The second-order valence-electron chi connectivity index (χ2n) is 4.91. The maximum atomic E-state index is 12.0. The molecular formula is C16H18ClN3O4S. The Kier molecular flexibility index (Phi) is 6.72. The highest BCUT2D eigenvalue weighted by molar-refractivity contribution is 7.84. The minimum atomic E-state index is -1.37. The molecule has 0 amide bonds. The molecule has 0 aliphatic heterocycles. The highest BCUT2D eigenvalue weighted by Crippen LogP contribution is 2.25. The summed E-state index contributed by atoms with van der Waals surface area (Å²) in [5.74, 6) is 0.278. The molecule has 0 unspecified atom stereocenters. The summed E-state index contributed by atoms with van der Waals surface area (Å²) in [6.45, 7) is 2.29. The van der Waals surface area contributed by atoms with Crippen LogP contribution in [0, 0.1) is 0 Å². The molecule has 134 valence electrons. The number of ether oxygens (including phenoxy) is 2. The predicted octanol–water partition coefficient (Wildman–Crippen LogP) is 2.66. The van der Waals surface area contributed by atoms with Crippen molar-refractivity contribution in [2.75, 3.05) is 25.3 Å². The Bertz CT molecular complexity index is 801. The van der Waals surface area contributed by atoms with Gasteiger partial charge in [-0.05, 0) is 24.6 Å². The summed E-state index contributed by atoms with van der Waals surface area (Å²) in [4.78, 5) is 20.1. The minimum Gasteiger partial charge on any atom is -0.495 e. The maximum absolute atomic E-state index is 12.0. The molecule has 0 radical (unpaired) electrons. The van der Waals surface area contributed by atoms with Crippen LogP contribution >= 0.6 is 11.6 Å². The molecule has 0 saturated carbocycles. The number of anilines is 1. The van der Waals surface area contributed by atoms with E-state index in [1.165, 1.54) is 19.6 Å². The van der Waals surface area contributed by atoms with Crippen LogP contribution in [0.1, 0.15) is 22.8 Å². The van der Waals surface area contributed by atoms with Crippen LogP contribution in [-0.4, -0.2) is 40.1 Å². The average Bonchev–Trinajstić information content (AvgIpc) is 2.60. The largest absolute Gasteiger partial charge is 0.495 e. The van der Waals surface area contributed by atoms with Gasteiger partial charge >= 0.3 is 5.97 Å². The summed E-state index contributed by atoms with van der Waals surface area (Å²) in [6.07, 6.45) is 2.78. The Morgan fingerprint density at radius 1 is 1.40 bits per heavy atom. The van der Waals surface area contributed by atoms with E-state index in [4.69, 9.17) is 21.1 Å². The van der Waals surface area contributed by atoms with Gasteiger partial charge in [-0.3, -0.25) is 4.21 Å². The topological polar surface area (TPSA) is 90.4 Å². The number of nitrogens with zero attached hydrogens (tertiary/aromatic N) is 2. The third-order valence-electron chi connectivity index (χ3n) is 3.20. The molecule has 2 rings (SSSR count). The number of carbonyl (C=O) groups excluding carboxylic acids is 1. The van der Waals surface area contributed by atoms with E-state index < -0.39 is 16.8 Å². The standard InChI is InChI=1S/C16H18ClN3O4S/c1-4-24-15(21)11-9-19-16(25(3)22)20-14(11)18-8-10-5-6-13(23-2)12(17)7-10/h5-7,9H,4,8H2,1-3H3,(H,18,19,20)/t25-/m1/s1. The third-order valence-corrected chi connectivity index (χ3v) is 4.20. The van der Waals surface area contributed by atoms with Crippen molar-refractivity contribution in [3.8, 4) is 5.75 Å². The summed E-state index contributed by atoms with van der Waals surface area (Å²) >= 11 is 6.11. The number of halogens is 1. The Balaban J connectivity index is 2.26. The van der Waals surface area contributed by atoms with Crippen LogP contribution in [0.5, 0.6) is 5.75 Å². The van der Waals surface area contributed by atoms with Gasteiger partial charge in [-0.25, -0.2) is 14.8 Å². The van der Waals surface area contributed by atoms with Gasteiger partial charge in [0.2, 0.25) is 5.16 Å². The van der Waals surface area contributed by atoms with Crippen molar-refractivity contribution in [3.63, 3.8) is 0 Å². The van der Waals surface area contributed by atoms with Crippen molar-refractivity contribution < 1.29 is 18.5 Å². The van der Waals surface area contributed by atoms with E-state index >= 15 is 0 Å². The molecule has 7 nitrogen and oxygen atoms in total. The second-order valence-corrected chi connectivity index (χ2v) is 6.59. The fraction of sp³-hybridized carbons (Fsp3) is 0.312. The lowest BCUT2D eigenvalue weighted by molar-refractivity contribution is 0.0526. The number of aromatic nitrogens is 2. The van der Waals surface area contributed by atoms with Gasteiger partial charge in [-0.1, -0.05) is 17.7 Å². The van der Waals surface area contributed by atoms with Crippen LogP contribution in [0.3, 0.4) is 0 Å². The average molecular weight is 384 g/mol. The number of benzene rings is 1. The molecule has 2 aromatic rings. The van der Waals surface area contributed by atoms with Crippen LogP contribution in [-0.2, 0) is 22.1 Å². The number of nitrogens with one attached hydrogen (secondary N) is 1. The van der Waals surface area contributed by atoms with E-state index in [1.54, 1.807) is 19.1 Å². The Morgan fingerprint density at radius 3 is 2.76 bits per heavy atom. The zero-order valence-electron chi connectivity index (χ0n) is 14.0. The summed E-state index contributed by atoms with van der Waals surface area (Å²) in [7, 11) is 0.167. The lowest BCUT2D eigenvalue weighted by atomic mass is 10.2. The van der Waals surface area contributed by atoms with Gasteiger partial charge in [0.15, 0.2) is 0 Å². The van der Waals surface area contributed by atoms with Crippen LogP contribution in [0.15, 0.2) is 29.6 Å². The van der Waals surface area contributed by atoms with Gasteiger partial charge in [-0.15, -0.1) is 0 Å². The van der Waals surface area contributed by atoms with Crippen LogP contribution < -0.4 is 10.1 Å². The second kappa shape index (κ2) is 8.77. The summed E-state index contributed by atoms with van der Waals surface area (Å²) in [6, 6.07) is 5.33. The van der Waals surface area contributed by atoms with E-state index in [2.05, 4.69) is 15.3 Å². The van der Waals surface area contributed by atoms with Gasteiger partial charge in [0.1, 0.15) is 17.1 Å². The van der Waals surface area contributed by atoms with Crippen molar-refractivity contribution in [1.29, 1.82) is 0 Å². The predicted molar refractivity (Wildman–Crippen MR) is 95.7 cm³/mol. The minimum absolute atomic E-state index is 0.128. The molecule has 0 spiro atoms. The fourth-order valence-corrected chi connectivity index (χ4v) is 2.70. The Morgan fingerprint density at radius 2 is 2.16 bits per heavy atom. The number of rotatable bonds is 7. The molecule has 0 bridgehead atoms. The molecule has 0 fully saturated rings. The first-order valence-electron chi connectivity index (χ1n) is 7.40. The highest BCUT2D eigenvalue weighted by Gasteiger charge is 2.17. The molecule has 1 heterocycles. The lowest BCUT2D eigenvalue weighted by Gasteiger charge is -2.12. The molecule has 25 heavy (non-hydrogen) atoms. The van der Waals surface area contributed by atoms with Crippen molar-refractivity contribution in [1.82, 2.24) is 9.97 Å². The van der Waals surface area contributed by atoms with E-state index in [0.717, 1.165) is 5.56 Å². The summed E-state index contributed by atoms with van der Waals surface area (Å²) in [5, 5.41) is 3.65. The van der Waals surface area contributed by atoms with Gasteiger partial charge in [0.05, 0.1) is 29.5 Å². The van der Waals surface area contributed by atoms with E-state index in [-0.39, 0.29) is 23.1 Å². The number of carbonyl (C=O) groups is 1. The molecule has 0 aliphatic carbocycles. The zero-order valence-corrected chi connectivity index (χ0v) is 15.6. The third kappa shape index (κ3) is 4.90. The van der Waals surface area contributed by atoms with Crippen molar-refractivity contribution in [3.05, 3.63) is 40.5 Å². The Hall–Kier alpha value is -2.19. The molecule has 1 aromatic carbocycles. The normalized spacial score (nSPS) is 11.7.